The Bertz CT molecular complexity index is 750. The van der Waals surface area contributed by atoms with Gasteiger partial charge in [-0.05, 0) is 46.4 Å². The third kappa shape index (κ3) is 2.18. The molecule has 0 spiro atoms. The highest BCUT2D eigenvalue weighted by molar-refractivity contribution is 14.1. The minimum absolute atomic E-state index is 0.658. The molecule has 0 aliphatic heterocycles. The lowest BCUT2D eigenvalue weighted by molar-refractivity contribution is 0.782. The number of nitrogens with zero attached hydrogens (tertiary/aromatic N) is 3. The summed E-state index contributed by atoms with van der Waals surface area (Å²) < 4.78 is 2.87. The molecule has 4 nitrogen and oxygen atoms in total. The van der Waals surface area contributed by atoms with Gasteiger partial charge in [0.1, 0.15) is 11.5 Å². The summed E-state index contributed by atoms with van der Waals surface area (Å²) in [6.45, 7) is 0. The van der Waals surface area contributed by atoms with E-state index in [1.54, 1.807) is 17.1 Å². The van der Waals surface area contributed by atoms with Crippen LogP contribution in [-0.2, 0) is 7.05 Å². The van der Waals surface area contributed by atoms with Gasteiger partial charge >= 0.3 is 0 Å². The molecule has 5 heteroatoms. The molecule has 0 unspecified atom stereocenters. The fourth-order valence-corrected chi connectivity index (χ4v) is 2.82. The van der Waals surface area contributed by atoms with E-state index in [4.69, 9.17) is 5.73 Å². The lowest BCUT2D eigenvalue weighted by Gasteiger charge is -2.05. The highest BCUT2D eigenvalue weighted by atomic mass is 127. The van der Waals surface area contributed by atoms with Crippen LogP contribution in [0.3, 0.4) is 0 Å². The number of pyridine rings is 1. The van der Waals surface area contributed by atoms with Crippen molar-refractivity contribution in [3.8, 4) is 22.4 Å². The highest BCUT2D eigenvalue weighted by Crippen LogP contribution is 2.37. The van der Waals surface area contributed by atoms with Crippen LogP contribution in [0, 0.1) is 3.57 Å². The molecule has 0 atom stereocenters. The second kappa shape index (κ2) is 5.24. The number of nitrogen functional groups attached to an aromatic ring is 1. The summed E-state index contributed by atoms with van der Waals surface area (Å²) in [7, 11) is 1.86. The number of rotatable bonds is 2. The number of halogens is 1. The van der Waals surface area contributed by atoms with Gasteiger partial charge in [-0.3, -0.25) is 9.67 Å². The summed E-state index contributed by atoms with van der Waals surface area (Å²) in [6, 6.07) is 12.1. The highest BCUT2D eigenvalue weighted by Gasteiger charge is 2.18. The van der Waals surface area contributed by atoms with Crippen molar-refractivity contribution in [1.82, 2.24) is 14.8 Å². The van der Waals surface area contributed by atoms with Crippen LogP contribution in [0.15, 0.2) is 48.8 Å². The maximum atomic E-state index is 6.20. The van der Waals surface area contributed by atoms with Gasteiger partial charge in [0.05, 0.1) is 5.56 Å². The predicted octanol–water partition coefficient (Wildman–Crippen LogP) is 3.34. The average molecular weight is 376 g/mol. The van der Waals surface area contributed by atoms with E-state index in [1.165, 1.54) is 0 Å². The largest absolute Gasteiger partial charge is 0.383 e. The smallest absolute Gasteiger partial charge is 0.129 e. The van der Waals surface area contributed by atoms with E-state index in [9.17, 15) is 0 Å². The zero-order chi connectivity index (χ0) is 14.1. The van der Waals surface area contributed by atoms with Crippen molar-refractivity contribution in [2.24, 2.45) is 7.05 Å². The lowest BCUT2D eigenvalue weighted by atomic mass is 10.0. The van der Waals surface area contributed by atoms with Crippen LogP contribution in [0.5, 0.6) is 0 Å². The van der Waals surface area contributed by atoms with E-state index in [0.29, 0.717) is 5.82 Å². The number of anilines is 1. The molecule has 0 saturated heterocycles. The Kier molecular flexibility index (Phi) is 3.43. The summed E-state index contributed by atoms with van der Waals surface area (Å²) in [4.78, 5) is 4.06. The van der Waals surface area contributed by atoms with Gasteiger partial charge < -0.3 is 5.73 Å². The molecule has 0 fully saturated rings. The molecule has 0 bridgehead atoms. The first kappa shape index (κ1) is 13.1. The Morgan fingerprint density at radius 1 is 1.10 bits per heavy atom. The third-order valence-corrected chi connectivity index (χ3v) is 4.13. The molecule has 0 aliphatic rings. The minimum Gasteiger partial charge on any atom is -0.383 e. The van der Waals surface area contributed by atoms with E-state index in [0.717, 1.165) is 26.0 Å². The van der Waals surface area contributed by atoms with E-state index in [1.807, 2.05) is 31.3 Å². The fraction of sp³-hybridized carbons (Fsp3) is 0.0667. The maximum absolute atomic E-state index is 6.20. The van der Waals surface area contributed by atoms with Gasteiger partial charge in [-0.25, -0.2) is 0 Å². The zero-order valence-corrected chi connectivity index (χ0v) is 13.1. The summed E-state index contributed by atoms with van der Waals surface area (Å²) >= 11 is 2.32. The van der Waals surface area contributed by atoms with Gasteiger partial charge in [0.25, 0.3) is 0 Å². The summed E-state index contributed by atoms with van der Waals surface area (Å²) in [5.41, 5.74) is 10.2. The second-order valence-electron chi connectivity index (χ2n) is 4.45. The number of hydrogen-bond donors (Lipinski definition) is 1. The number of aryl methyl sites for hydroxylation is 1. The van der Waals surface area contributed by atoms with Gasteiger partial charge in [-0.1, -0.05) is 18.2 Å². The number of nitrogens with two attached hydrogens (primary N) is 1. The Balaban J connectivity index is 2.28. The Labute approximate surface area is 130 Å². The average Bonchev–Trinajstić information content (AvgIpc) is 2.76. The van der Waals surface area contributed by atoms with Gasteiger partial charge in [0.15, 0.2) is 0 Å². The van der Waals surface area contributed by atoms with E-state index in [-0.39, 0.29) is 0 Å². The van der Waals surface area contributed by atoms with Crippen LogP contribution in [-0.4, -0.2) is 14.8 Å². The van der Waals surface area contributed by atoms with Crippen molar-refractivity contribution < 1.29 is 0 Å². The molecule has 0 saturated carbocycles. The van der Waals surface area contributed by atoms with Gasteiger partial charge in [0, 0.05) is 28.6 Å². The zero-order valence-electron chi connectivity index (χ0n) is 10.9. The molecule has 0 amide bonds. The van der Waals surface area contributed by atoms with E-state index < -0.39 is 0 Å². The van der Waals surface area contributed by atoms with Crippen molar-refractivity contribution in [2.75, 3.05) is 5.73 Å². The standard InChI is InChI=1S/C15H13IN4/c1-20-15(17)13(10-6-8-18-9-7-10)14(19-20)11-4-2-3-5-12(11)16/h2-9H,17H2,1H3. The molecule has 1 aromatic carbocycles. The van der Waals surface area contributed by atoms with Gasteiger partial charge in [-0.2, -0.15) is 5.10 Å². The Morgan fingerprint density at radius 3 is 2.50 bits per heavy atom. The monoisotopic (exact) mass is 376 g/mol. The summed E-state index contributed by atoms with van der Waals surface area (Å²) in [5.74, 6) is 0.658. The molecule has 0 aliphatic carbocycles. The van der Waals surface area contributed by atoms with Crippen LogP contribution >= 0.6 is 22.6 Å². The number of aromatic nitrogens is 3. The molecule has 3 aromatic rings. The molecule has 100 valence electrons. The molecule has 3 rings (SSSR count). The lowest BCUT2D eigenvalue weighted by Crippen LogP contribution is -1.97. The van der Waals surface area contributed by atoms with Crippen LogP contribution in [0.4, 0.5) is 5.82 Å². The molecule has 0 radical (unpaired) electrons. The van der Waals surface area contributed by atoms with Crippen LogP contribution in [0.2, 0.25) is 0 Å². The van der Waals surface area contributed by atoms with Crippen molar-refractivity contribution in [3.05, 3.63) is 52.4 Å². The van der Waals surface area contributed by atoms with Crippen molar-refractivity contribution in [3.63, 3.8) is 0 Å². The molecule has 20 heavy (non-hydrogen) atoms. The van der Waals surface area contributed by atoms with Crippen LogP contribution < -0.4 is 5.73 Å². The number of benzene rings is 1. The van der Waals surface area contributed by atoms with Crippen molar-refractivity contribution in [1.29, 1.82) is 0 Å². The van der Waals surface area contributed by atoms with Crippen LogP contribution in [0.1, 0.15) is 0 Å². The van der Waals surface area contributed by atoms with Crippen molar-refractivity contribution in [2.45, 2.75) is 0 Å². The number of hydrogen-bond acceptors (Lipinski definition) is 3. The summed E-state index contributed by atoms with van der Waals surface area (Å²) in [5, 5.41) is 4.58. The topological polar surface area (TPSA) is 56.7 Å². The predicted molar refractivity (Wildman–Crippen MR) is 89.0 cm³/mol. The summed E-state index contributed by atoms with van der Waals surface area (Å²) in [6.07, 6.45) is 3.53. The molecular weight excluding hydrogens is 363 g/mol. The molecule has 2 aromatic heterocycles. The quantitative estimate of drug-likeness (QED) is 0.698. The Hall–Kier alpha value is -1.89. The first-order valence-electron chi connectivity index (χ1n) is 6.16. The normalized spacial score (nSPS) is 10.7. The molecule has 2 heterocycles. The maximum Gasteiger partial charge on any atom is 0.129 e. The van der Waals surface area contributed by atoms with Gasteiger partial charge in [0.2, 0.25) is 0 Å². The first-order chi connectivity index (χ1) is 9.68. The van der Waals surface area contributed by atoms with Gasteiger partial charge in [-0.15, -0.1) is 0 Å². The fourth-order valence-electron chi connectivity index (χ4n) is 2.18. The molecular formula is C15H13IN4. The third-order valence-electron chi connectivity index (χ3n) is 3.19. The van der Waals surface area contributed by atoms with E-state index >= 15 is 0 Å². The first-order valence-corrected chi connectivity index (χ1v) is 7.24. The second-order valence-corrected chi connectivity index (χ2v) is 5.61. The minimum atomic E-state index is 0.658. The SMILES string of the molecule is Cn1nc(-c2ccccc2I)c(-c2ccncc2)c1N. The van der Waals surface area contributed by atoms with Crippen LogP contribution in [0.25, 0.3) is 22.4 Å². The molecule has 2 N–H and O–H groups in total. The van der Waals surface area contributed by atoms with E-state index in [2.05, 4.69) is 44.8 Å². The van der Waals surface area contributed by atoms with Crippen molar-refractivity contribution >= 4 is 28.4 Å². The Morgan fingerprint density at radius 2 is 1.80 bits per heavy atom.